The fourth-order valence-electron chi connectivity index (χ4n) is 2.79. The Bertz CT molecular complexity index is 754. The van der Waals surface area contributed by atoms with Crippen molar-refractivity contribution in [1.29, 1.82) is 0 Å². The van der Waals surface area contributed by atoms with E-state index in [-0.39, 0.29) is 29.7 Å². The summed E-state index contributed by atoms with van der Waals surface area (Å²) in [5, 5.41) is 5.86. The monoisotopic (exact) mass is 352 g/mol. The van der Waals surface area contributed by atoms with Crippen molar-refractivity contribution in [3.05, 3.63) is 71.3 Å². The van der Waals surface area contributed by atoms with Gasteiger partial charge in [-0.25, -0.2) is 0 Å². The molecule has 0 aliphatic rings. The Morgan fingerprint density at radius 2 is 1.73 bits per heavy atom. The molecule has 2 rings (SSSR count). The number of benzene rings is 2. The molecule has 0 bridgehead atoms. The maximum atomic E-state index is 12.3. The zero-order chi connectivity index (χ0) is 19.2. The van der Waals surface area contributed by atoms with Crippen molar-refractivity contribution in [2.75, 3.05) is 6.54 Å². The predicted molar refractivity (Wildman–Crippen MR) is 105 cm³/mol. The van der Waals surface area contributed by atoms with E-state index in [1.165, 1.54) is 11.1 Å². The molecule has 0 radical (unpaired) electrons. The minimum atomic E-state index is -0.232. The second kappa shape index (κ2) is 8.65. The highest BCUT2D eigenvalue weighted by Crippen LogP contribution is 2.23. The molecule has 4 heteroatoms. The molecule has 0 aliphatic heterocycles. The smallest absolute Gasteiger partial charge is 0.251 e. The fourth-order valence-corrected chi connectivity index (χ4v) is 2.79. The number of nitrogens with one attached hydrogen (secondary N) is 2. The second-order valence-electron chi connectivity index (χ2n) is 7.47. The average Bonchev–Trinajstić information content (AvgIpc) is 2.60. The van der Waals surface area contributed by atoms with E-state index in [1.807, 2.05) is 31.2 Å². The Hall–Kier alpha value is -2.62. The molecule has 2 aromatic carbocycles. The largest absolute Gasteiger partial charge is 0.355 e. The van der Waals surface area contributed by atoms with E-state index in [0.29, 0.717) is 12.1 Å². The first-order chi connectivity index (χ1) is 12.3. The number of aryl methyl sites for hydroxylation is 1. The highest BCUT2D eigenvalue weighted by molar-refractivity contribution is 5.94. The van der Waals surface area contributed by atoms with E-state index in [9.17, 15) is 9.59 Å². The van der Waals surface area contributed by atoms with Gasteiger partial charge < -0.3 is 10.6 Å². The van der Waals surface area contributed by atoms with Gasteiger partial charge in [0, 0.05) is 30.0 Å². The maximum absolute atomic E-state index is 12.3. The normalized spacial score (nSPS) is 12.3. The summed E-state index contributed by atoms with van der Waals surface area (Å²) in [4.78, 5) is 24.4. The molecule has 0 spiro atoms. The van der Waals surface area contributed by atoms with E-state index in [2.05, 4.69) is 49.6 Å². The molecule has 138 valence electrons. The third-order valence-electron chi connectivity index (χ3n) is 4.43. The van der Waals surface area contributed by atoms with Crippen LogP contribution in [0.1, 0.15) is 48.7 Å². The van der Waals surface area contributed by atoms with Gasteiger partial charge in [0.05, 0.1) is 0 Å². The molecule has 0 heterocycles. The van der Waals surface area contributed by atoms with Crippen LogP contribution in [0.2, 0.25) is 0 Å². The van der Waals surface area contributed by atoms with Crippen LogP contribution >= 0.6 is 0 Å². The van der Waals surface area contributed by atoms with Crippen molar-refractivity contribution < 1.29 is 9.59 Å². The van der Waals surface area contributed by atoms with Crippen LogP contribution in [0.25, 0.3) is 0 Å². The lowest BCUT2D eigenvalue weighted by Gasteiger charge is -2.26. The molecule has 26 heavy (non-hydrogen) atoms. The summed E-state index contributed by atoms with van der Waals surface area (Å²) < 4.78 is 0. The molecule has 1 atom stereocenters. The van der Waals surface area contributed by atoms with Crippen LogP contribution in [-0.4, -0.2) is 24.4 Å². The molecule has 2 amide bonds. The first-order valence-corrected chi connectivity index (χ1v) is 8.98. The lowest BCUT2D eigenvalue weighted by atomic mass is 9.84. The summed E-state index contributed by atoms with van der Waals surface area (Å²) in [5.41, 5.74) is 2.85. The lowest BCUT2D eigenvalue weighted by molar-refractivity contribution is -0.121. The topological polar surface area (TPSA) is 58.2 Å². The first kappa shape index (κ1) is 19.7. The van der Waals surface area contributed by atoms with Gasteiger partial charge in [0.25, 0.3) is 5.91 Å². The van der Waals surface area contributed by atoms with Gasteiger partial charge in [-0.3, -0.25) is 9.59 Å². The number of amides is 2. The molecular formula is C22H28N2O2. The number of hydrogen-bond donors (Lipinski definition) is 2. The first-order valence-electron chi connectivity index (χ1n) is 8.98. The summed E-state index contributed by atoms with van der Waals surface area (Å²) in [7, 11) is 0. The van der Waals surface area contributed by atoms with Gasteiger partial charge in [-0.2, -0.15) is 0 Å². The van der Waals surface area contributed by atoms with E-state index < -0.39 is 0 Å². The molecule has 0 fully saturated rings. The molecule has 0 aromatic heterocycles. The molecule has 0 saturated carbocycles. The molecular weight excluding hydrogens is 324 g/mol. The minimum absolute atomic E-state index is 0.0633. The Morgan fingerprint density at radius 3 is 2.38 bits per heavy atom. The van der Waals surface area contributed by atoms with Gasteiger partial charge in [-0.15, -0.1) is 0 Å². The minimum Gasteiger partial charge on any atom is -0.355 e. The van der Waals surface area contributed by atoms with E-state index >= 15 is 0 Å². The zero-order valence-corrected chi connectivity index (χ0v) is 16.0. The second-order valence-corrected chi connectivity index (χ2v) is 7.47. The molecule has 0 aliphatic carbocycles. The van der Waals surface area contributed by atoms with Crippen molar-refractivity contribution in [3.63, 3.8) is 0 Å². The zero-order valence-electron chi connectivity index (χ0n) is 16.0. The van der Waals surface area contributed by atoms with E-state index in [0.717, 1.165) is 0 Å². The Kier molecular flexibility index (Phi) is 6.56. The van der Waals surface area contributed by atoms with Crippen LogP contribution in [0.4, 0.5) is 0 Å². The van der Waals surface area contributed by atoms with Crippen LogP contribution in [0.5, 0.6) is 0 Å². The van der Waals surface area contributed by atoms with Gasteiger partial charge in [-0.05, 0) is 31.5 Å². The quantitative estimate of drug-likeness (QED) is 0.800. The highest BCUT2D eigenvalue weighted by atomic mass is 16.2. The van der Waals surface area contributed by atoms with Crippen molar-refractivity contribution in [1.82, 2.24) is 10.6 Å². The van der Waals surface area contributed by atoms with E-state index in [4.69, 9.17) is 0 Å². The standard InChI is InChI=1S/C22H28N2O2/c1-16-9-8-12-19(13-16)22(3,4)15-23-20(25)14-17(2)24-21(26)18-10-6-5-7-11-18/h5-13,17H,14-15H2,1-4H3,(H,23,25)(H,24,26). The molecule has 2 aromatic rings. The van der Waals surface area contributed by atoms with Gasteiger partial charge in [-0.1, -0.05) is 61.9 Å². The Labute approximate surface area is 156 Å². The average molecular weight is 352 g/mol. The van der Waals surface area contributed by atoms with Crippen molar-refractivity contribution >= 4 is 11.8 Å². The molecule has 2 N–H and O–H groups in total. The third-order valence-corrected chi connectivity index (χ3v) is 4.43. The summed E-state index contributed by atoms with van der Waals surface area (Å²) in [5.74, 6) is -0.224. The predicted octanol–water partition coefficient (Wildman–Crippen LogP) is 3.60. The number of carbonyl (C=O) groups excluding carboxylic acids is 2. The summed E-state index contributed by atoms with van der Waals surface area (Å²) in [6.07, 6.45) is 0.252. The lowest BCUT2D eigenvalue weighted by Crippen LogP contribution is -2.41. The highest BCUT2D eigenvalue weighted by Gasteiger charge is 2.22. The van der Waals surface area contributed by atoms with Gasteiger partial charge in [0.15, 0.2) is 0 Å². The molecule has 0 saturated heterocycles. The van der Waals surface area contributed by atoms with Crippen LogP contribution in [0.15, 0.2) is 54.6 Å². The SMILES string of the molecule is Cc1cccc(C(C)(C)CNC(=O)CC(C)NC(=O)c2ccccc2)c1. The van der Waals surface area contributed by atoms with Crippen LogP contribution < -0.4 is 10.6 Å². The summed E-state index contributed by atoms with van der Waals surface area (Å²) in [6, 6.07) is 17.1. The Balaban J connectivity index is 1.83. The fraction of sp³-hybridized carbons (Fsp3) is 0.364. The number of carbonyl (C=O) groups is 2. The summed E-state index contributed by atoms with van der Waals surface area (Å²) in [6.45, 7) is 8.68. The maximum Gasteiger partial charge on any atom is 0.251 e. The van der Waals surface area contributed by atoms with E-state index in [1.54, 1.807) is 12.1 Å². The van der Waals surface area contributed by atoms with Crippen LogP contribution in [0, 0.1) is 6.92 Å². The number of rotatable bonds is 7. The summed E-state index contributed by atoms with van der Waals surface area (Å²) >= 11 is 0. The third kappa shape index (κ3) is 5.73. The molecule has 4 nitrogen and oxygen atoms in total. The molecule has 1 unspecified atom stereocenters. The Morgan fingerprint density at radius 1 is 1.04 bits per heavy atom. The van der Waals surface area contributed by atoms with Crippen LogP contribution in [-0.2, 0) is 10.2 Å². The van der Waals surface area contributed by atoms with Gasteiger partial charge >= 0.3 is 0 Å². The van der Waals surface area contributed by atoms with Crippen molar-refractivity contribution in [2.45, 2.75) is 45.6 Å². The van der Waals surface area contributed by atoms with Crippen molar-refractivity contribution in [2.24, 2.45) is 0 Å². The van der Waals surface area contributed by atoms with Crippen LogP contribution in [0.3, 0.4) is 0 Å². The van der Waals surface area contributed by atoms with Gasteiger partial charge in [0.1, 0.15) is 0 Å². The van der Waals surface area contributed by atoms with Gasteiger partial charge in [0.2, 0.25) is 5.91 Å². The van der Waals surface area contributed by atoms with Crippen molar-refractivity contribution in [3.8, 4) is 0 Å². The number of hydrogen-bond acceptors (Lipinski definition) is 2.